The number of rotatable bonds is 5. The molecule has 8 nitrogen and oxygen atoms in total. The van der Waals surface area contributed by atoms with Crippen molar-refractivity contribution in [3.05, 3.63) is 35.5 Å². The highest BCUT2D eigenvalue weighted by Crippen LogP contribution is 2.41. The first-order valence-corrected chi connectivity index (χ1v) is 11.8. The van der Waals surface area contributed by atoms with Crippen LogP contribution >= 0.6 is 0 Å². The lowest BCUT2D eigenvalue weighted by atomic mass is 9.78. The van der Waals surface area contributed by atoms with Crippen molar-refractivity contribution in [2.75, 3.05) is 20.1 Å². The standard InChI is InChI=1S/C25H28F3N5O3/c1-24(2,28)11-20(22(35)33-13-25(10-15(33)12-29)5-4-6-30-23(25)36)32(3)21(34)19-9-16-17(27)7-14(26)8-18(16)31-19/h7-9,15,20,31H,4-6,10-11,13H2,1-3H3,(H,30,36)/t15-,20?,25-/m0/s1. The monoisotopic (exact) mass is 503 g/mol. The second kappa shape index (κ2) is 9.15. The first-order valence-electron chi connectivity index (χ1n) is 11.8. The zero-order valence-corrected chi connectivity index (χ0v) is 20.3. The van der Waals surface area contributed by atoms with Gasteiger partial charge in [-0.3, -0.25) is 14.4 Å². The quantitative estimate of drug-likeness (QED) is 0.654. The van der Waals surface area contributed by atoms with E-state index >= 15 is 0 Å². The van der Waals surface area contributed by atoms with E-state index in [0.29, 0.717) is 25.5 Å². The number of fused-ring (bicyclic) bond motifs is 1. The summed E-state index contributed by atoms with van der Waals surface area (Å²) in [6.07, 6.45) is 1.03. The third-order valence-electron chi connectivity index (χ3n) is 7.10. The van der Waals surface area contributed by atoms with Gasteiger partial charge in [0.15, 0.2) is 0 Å². The molecule has 0 radical (unpaired) electrons. The number of benzene rings is 1. The normalized spacial score (nSPS) is 23.0. The highest BCUT2D eigenvalue weighted by Gasteiger charge is 2.53. The fraction of sp³-hybridized carbons (Fsp3) is 0.520. The molecular formula is C25H28F3N5O3. The van der Waals surface area contributed by atoms with Gasteiger partial charge in [-0.2, -0.15) is 5.26 Å². The minimum absolute atomic E-state index is 0.00197. The number of aromatic amines is 1. The van der Waals surface area contributed by atoms with Crippen LogP contribution in [-0.2, 0) is 9.59 Å². The molecule has 3 atom stereocenters. The molecule has 11 heteroatoms. The average Bonchev–Trinajstić information content (AvgIpc) is 3.40. The Kier molecular flexibility index (Phi) is 6.49. The third kappa shape index (κ3) is 4.64. The molecule has 0 bridgehead atoms. The van der Waals surface area contributed by atoms with Gasteiger partial charge in [-0.1, -0.05) is 0 Å². The molecule has 1 unspecified atom stereocenters. The first-order chi connectivity index (χ1) is 16.8. The Labute approximate surface area is 206 Å². The maximum atomic E-state index is 14.8. The van der Waals surface area contributed by atoms with Crippen molar-refractivity contribution in [1.29, 1.82) is 5.26 Å². The molecule has 192 valence electrons. The number of nitrogens with one attached hydrogen (secondary N) is 2. The van der Waals surface area contributed by atoms with Crippen LogP contribution in [-0.4, -0.2) is 70.4 Å². The number of halogens is 3. The van der Waals surface area contributed by atoms with Crippen LogP contribution in [0.15, 0.2) is 18.2 Å². The van der Waals surface area contributed by atoms with Gasteiger partial charge in [0.05, 0.1) is 17.0 Å². The molecule has 2 aliphatic heterocycles. The molecule has 2 aliphatic rings. The second-order valence-electron chi connectivity index (χ2n) is 10.3. The molecule has 1 spiro atoms. The molecule has 2 saturated heterocycles. The number of nitrogens with zero attached hydrogens (tertiary/aromatic N) is 3. The van der Waals surface area contributed by atoms with E-state index in [1.165, 1.54) is 31.9 Å². The van der Waals surface area contributed by atoms with Crippen molar-refractivity contribution in [2.45, 2.75) is 57.3 Å². The zero-order chi connectivity index (χ0) is 26.4. The summed E-state index contributed by atoms with van der Waals surface area (Å²) < 4.78 is 42.6. The van der Waals surface area contributed by atoms with Crippen molar-refractivity contribution in [3.63, 3.8) is 0 Å². The molecule has 2 fully saturated rings. The van der Waals surface area contributed by atoms with Crippen molar-refractivity contribution in [1.82, 2.24) is 20.1 Å². The minimum Gasteiger partial charge on any atom is -0.356 e. The molecule has 1 aromatic heterocycles. The van der Waals surface area contributed by atoms with Crippen LogP contribution in [0.2, 0.25) is 0 Å². The third-order valence-corrected chi connectivity index (χ3v) is 7.10. The molecule has 3 heterocycles. The summed E-state index contributed by atoms with van der Waals surface area (Å²) in [5.74, 6) is -3.27. The summed E-state index contributed by atoms with van der Waals surface area (Å²) in [7, 11) is 1.32. The highest BCUT2D eigenvalue weighted by molar-refractivity contribution is 6.00. The number of carbonyl (C=O) groups excluding carboxylic acids is 3. The van der Waals surface area contributed by atoms with Gasteiger partial charge in [0, 0.05) is 38.0 Å². The van der Waals surface area contributed by atoms with Crippen LogP contribution < -0.4 is 5.32 Å². The Bertz CT molecular complexity index is 1260. The number of H-pyrrole nitrogens is 1. The van der Waals surface area contributed by atoms with Crippen molar-refractivity contribution < 1.29 is 27.6 Å². The van der Waals surface area contributed by atoms with E-state index in [-0.39, 0.29) is 41.9 Å². The Balaban J connectivity index is 1.65. The number of hydrogen-bond donors (Lipinski definition) is 2. The van der Waals surface area contributed by atoms with E-state index in [1.807, 2.05) is 0 Å². The molecule has 36 heavy (non-hydrogen) atoms. The predicted molar refractivity (Wildman–Crippen MR) is 124 cm³/mol. The van der Waals surface area contributed by atoms with Crippen LogP contribution in [0.5, 0.6) is 0 Å². The van der Waals surface area contributed by atoms with Gasteiger partial charge in [-0.25, -0.2) is 13.2 Å². The Morgan fingerprint density at radius 3 is 2.69 bits per heavy atom. The Morgan fingerprint density at radius 2 is 2.06 bits per heavy atom. The molecule has 1 aromatic carbocycles. The second-order valence-corrected chi connectivity index (χ2v) is 10.3. The minimum atomic E-state index is -1.85. The van der Waals surface area contributed by atoms with Gasteiger partial charge in [0.25, 0.3) is 5.91 Å². The summed E-state index contributed by atoms with van der Waals surface area (Å²) in [5.41, 5.74) is -2.79. The number of hydrogen-bond acceptors (Lipinski definition) is 4. The van der Waals surface area contributed by atoms with E-state index in [0.717, 1.165) is 11.0 Å². The van der Waals surface area contributed by atoms with E-state index in [9.17, 15) is 32.8 Å². The van der Waals surface area contributed by atoms with Crippen molar-refractivity contribution in [2.24, 2.45) is 5.41 Å². The predicted octanol–water partition coefficient (Wildman–Crippen LogP) is 3.05. The number of carbonyl (C=O) groups is 3. The maximum absolute atomic E-state index is 14.8. The Morgan fingerprint density at radius 1 is 1.33 bits per heavy atom. The van der Waals surface area contributed by atoms with Gasteiger partial charge in [-0.15, -0.1) is 0 Å². The summed E-state index contributed by atoms with van der Waals surface area (Å²) in [5, 5.41) is 12.5. The maximum Gasteiger partial charge on any atom is 0.270 e. The lowest BCUT2D eigenvalue weighted by Crippen LogP contribution is -2.53. The molecule has 3 amide bonds. The number of amides is 3. The van der Waals surface area contributed by atoms with Gasteiger partial charge in [-0.05, 0) is 45.2 Å². The average molecular weight is 504 g/mol. The number of nitriles is 1. The molecule has 4 rings (SSSR count). The van der Waals surface area contributed by atoms with Gasteiger partial charge in [0.1, 0.15) is 35.1 Å². The smallest absolute Gasteiger partial charge is 0.270 e. The number of piperidine rings is 1. The summed E-state index contributed by atoms with van der Waals surface area (Å²) in [6, 6.07) is 2.82. The fourth-order valence-corrected chi connectivity index (χ4v) is 5.25. The van der Waals surface area contributed by atoms with E-state index in [4.69, 9.17) is 0 Å². The summed E-state index contributed by atoms with van der Waals surface area (Å²) in [6.45, 7) is 3.07. The molecule has 0 aliphatic carbocycles. The van der Waals surface area contributed by atoms with Gasteiger partial charge >= 0.3 is 0 Å². The lowest BCUT2D eigenvalue weighted by molar-refractivity contribution is -0.139. The van der Waals surface area contributed by atoms with Gasteiger partial charge < -0.3 is 20.1 Å². The summed E-state index contributed by atoms with van der Waals surface area (Å²) >= 11 is 0. The largest absolute Gasteiger partial charge is 0.356 e. The van der Waals surface area contributed by atoms with Gasteiger partial charge in [0.2, 0.25) is 11.8 Å². The van der Waals surface area contributed by atoms with E-state index < -0.39 is 46.6 Å². The van der Waals surface area contributed by atoms with Crippen LogP contribution in [0.4, 0.5) is 13.2 Å². The zero-order valence-electron chi connectivity index (χ0n) is 20.3. The van der Waals surface area contributed by atoms with Crippen LogP contribution in [0.25, 0.3) is 10.9 Å². The van der Waals surface area contributed by atoms with Crippen molar-refractivity contribution in [3.8, 4) is 6.07 Å². The van der Waals surface area contributed by atoms with Crippen molar-refractivity contribution >= 4 is 28.6 Å². The fourth-order valence-electron chi connectivity index (χ4n) is 5.25. The van der Waals surface area contributed by atoms with E-state index in [2.05, 4.69) is 16.4 Å². The topological polar surface area (TPSA) is 109 Å². The molecule has 0 saturated carbocycles. The lowest BCUT2D eigenvalue weighted by Gasteiger charge is -2.35. The number of alkyl halides is 1. The van der Waals surface area contributed by atoms with E-state index in [1.54, 1.807) is 0 Å². The highest BCUT2D eigenvalue weighted by atomic mass is 19.1. The number of likely N-dealkylation sites (N-methyl/N-ethyl adjacent to an activating group) is 1. The van der Waals surface area contributed by atoms with Crippen LogP contribution in [0.3, 0.4) is 0 Å². The van der Waals surface area contributed by atoms with Crippen LogP contribution in [0.1, 0.15) is 50.0 Å². The SMILES string of the molecule is CN(C(=O)c1cc2c(F)cc(F)cc2[nH]1)C(CC(C)(C)F)C(=O)N1C[C@]2(CCCNC2=O)C[C@H]1C#N. The Hall–Kier alpha value is -3.55. The summed E-state index contributed by atoms with van der Waals surface area (Å²) in [4.78, 5) is 44.7. The molecule has 2 N–H and O–H groups in total. The first kappa shape index (κ1) is 25.5. The van der Waals surface area contributed by atoms with Crippen LogP contribution in [0, 0.1) is 28.4 Å². The number of aromatic nitrogens is 1. The molecular weight excluding hydrogens is 475 g/mol. The molecule has 2 aromatic rings. The number of likely N-dealkylation sites (tertiary alicyclic amines) is 1.